The van der Waals surface area contributed by atoms with E-state index in [9.17, 15) is 9.18 Å². The highest BCUT2D eigenvalue weighted by atomic mass is 19.1. The molecule has 1 fully saturated rings. The average Bonchev–Trinajstić information content (AvgIpc) is 2.68. The molecule has 0 radical (unpaired) electrons. The van der Waals surface area contributed by atoms with Gasteiger partial charge < -0.3 is 9.42 Å². The Labute approximate surface area is 124 Å². The minimum atomic E-state index is -1.22. The van der Waals surface area contributed by atoms with Gasteiger partial charge in [0.15, 0.2) is 5.82 Å². The molecule has 1 heterocycles. The van der Waals surface area contributed by atoms with Crippen molar-refractivity contribution in [3.8, 4) is 0 Å². The smallest absolute Gasteiger partial charge is 0.322 e. The van der Waals surface area contributed by atoms with Crippen molar-refractivity contribution in [3.63, 3.8) is 0 Å². The van der Waals surface area contributed by atoms with Gasteiger partial charge in [-0.3, -0.25) is 5.32 Å². The highest BCUT2D eigenvalue weighted by Gasteiger charge is 2.39. The summed E-state index contributed by atoms with van der Waals surface area (Å²) in [6, 6.07) is -0.365. The third kappa shape index (κ3) is 3.36. The van der Waals surface area contributed by atoms with Crippen LogP contribution < -0.4 is 5.32 Å². The van der Waals surface area contributed by atoms with Crippen LogP contribution in [0.3, 0.4) is 0 Å². The van der Waals surface area contributed by atoms with E-state index in [0.717, 1.165) is 17.7 Å². The monoisotopic (exact) mass is 297 g/mol. The van der Waals surface area contributed by atoms with Crippen LogP contribution in [0.2, 0.25) is 0 Å². The maximum atomic E-state index is 14.0. The van der Waals surface area contributed by atoms with Crippen molar-refractivity contribution in [2.75, 3.05) is 18.9 Å². The largest absolute Gasteiger partial charge is 0.358 e. The van der Waals surface area contributed by atoms with Crippen LogP contribution >= 0.6 is 0 Å². The van der Waals surface area contributed by atoms with Gasteiger partial charge in [0.05, 0.1) is 6.54 Å². The first-order valence-electron chi connectivity index (χ1n) is 7.30. The molecule has 0 unspecified atom stereocenters. The van der Waals surface area contributed by atoms with E-state index >= 15 is 0 Å². The standard InChI is InChI=1S/C15H24FN3O2/c1-10-11(14(2,3)4)21-18-12(10)17-13(20)19(5)9-15(16)7-6-8-15/h6-9H2,1-5H3,(H,17,18,20). The molecule has 2 amide bonds. The highest BCUT2D eigenvalue weighted by Crippen LogP contribution is 2.36. The number of rotatable bonds is 3. The third-order valence-corrected chi connectivity index (χ3v) is 3.95. The Morgan fingerprint density at radius 1 is 1.48 bits per heavy atom. The van der Waals surface area contributed by atoms with Crippen molar-refractivity contribution >= 4 is 11.8 Å². The molecule has 21 heavy (non-hydrogen) atoms. The second-order valence-electron chi connectivity index (χ2n) is 7.03. The van der Waals surface area contributed by atoms with Crippen LogP contribution in [0.25, 0.3) is 0 Å². The SMILES string of the molecule is Cc1c(NC(=O)N(C)CC2(F)CCC2)noc1C(C)(C)C. The number of hydrogen-bond acceptors (Lipinski definition) is 3. The molecule has 1 saturated carbocycles. The lowest BCUT2D eigenvalue weighted by Gasteiger charge is -2.36. The Hall–Kier alpha value is -1.59. The number of nitrogens with one attached hydrogen (secondary N) is 1. The predicted octanol–water partition coefficient (Wildman–Crippen LogP) is 3.64. The molecule has 1 N–H and O–H groups in total. The number of aromatic nitrogens is 1. The molecule has 1 aromatic rings. The number of carbonyl (C=O) groups excluding carboxylic acids is 1. The van der Waals surface area contributed by atoms with E-state index in [1.165, 1.54) is 4.90 Å². The Morgan fingerprint density at radius 3 is 2.52 bits per heavy atom. The number of anilines is 1. The van der Waals surface area contributed by atoms with E-state index in [2.05, 4.69) is 10.5 Å². The molecule has 118 valence electrons. The summed E-state index contributed by atoms with van der Waals surface area (Å²) in [5.74, 6) is 1.14. The zero-order chi connectivity index (χ0) is 15.8. The summed E-state index contributed by atoms with van der Waals surface area (Å²) in [6.07, 6.45) is 1.95. The zero-order valence-corrected chi connectivity index (χ0v) is 13.4. The minimum Gasteiger partial charge on any atom is -0.358 e. The van der Waals surface area contributed by atoms with Gasteiger partial charge in [-0.1, -0.05) is 25.9 Å². The summed E-state index contributed by atoms with van der Waals surface area (Å²) in [6.45, 7) is 8.02. The number of amides is 2. The van der Waals surface area contributed by atoms with Gasteiger partial charge in [0.1, 0.15) is 11.4 Å². The fraction of sp³-hybridized carbons (Fsp3) is 0.733. The van der Waals surface area contributed by atoms with Gasteiger partial charge >= 0.3 is 6.03 Å². The molecule has 1 aliphatic rings. The number of halogens is 1. The van der Waals surface area contributed by atoms with Gasteiger partial charge in [-0.25, -0.2) is 9.18 Å². The van der Waals surface area contributed by atoms with Gasteiger partial charge in [-0.2, -0.15) is 0 Å². The van der Waals surface area contributed by atoms with E-state index in [1.807, 2.05) is 27.7 Å². The van der Waals surface area contributed by atoms with Crippen molar-refractivity contribution in [2.45, 2.75) is 58.0 Å². The van der Waals surface area contributed by atoms with Gasteiger partial charge in [0.2, 0.25) is 0 Å². The quantitative estimate of drug-likeness (QED) is 0.926. The van der Waals surface area contributed by atoms with E-state index in [4.69, 9.17) is 4.52 Å². The molecular formula is C15H24FN3O2. The summed E-state index contributed by atoms with van der Waals surface area (Å²) in [7, 11) is 1.59. The summed E-state index contributed by atoms with van der Waals surface area (Å²) < 4.78 is 19.4. The number of hydrogen-bond donors (Lipinski definition) is 1. The zero-order valence-electron chi connectivity index (χ0n) is 13.4. The van der Waals surface area contributed by atoms with Crippen LogP contribution in [-0.4, -0.2) is 35.3 Å². The molecule has 1 aliphatic carbocycles. The number of alkyl halides is 1. The predicted molar refractivity (Wildman–Crippen MR) is 79.3 cm³/mol. The number of urea groups is 1. The van der Waals surface area contributed by atoms with Gasteiger partial charge in [-0.05, 0) is 26.2 Å². The lowest BCUT2D eigenvalue weighted by atomic mass is 9.82. The number of nitrogens with zero attached hydrogens (tertiary/aromatic N) is 2. The van der Waals surface area contributed by atoms with Crippen molar-refractivity contribution in [2.24, 2.45) is 0 Å². The molecule has 2 rings (SSSR count). The molecule has 6 heteroatoms. The van der Waals surface area contributed by atoms with Gasteiger partial charge in [0, 0.05) is 18.0 Å². The summed E-state index contributed by atoms with van der Waals surface area (Å²) >= 11 is 0. The first kappa shape index (κ1) is 15.8. The lowest BCUT2D eigenvalue weighted by molar-refractivity contribution is 0.0391. The maximum absolute atomic E-state index is 14.0. The topological polar surface area (TPSA) is 58.4 Å². The van der Waals surface area contributed by atoms with E-state index in [0.29, 0.717) is 18.7 Å². The molecule has 0 spiro atoms. The maximum Gasteiger partial charge on any atom is 0.322 e. The second kappa shape index (κ2) is 5.31. The Kier molecular flexibility index (Phi) is 4.00. The minimum absolute atomic E-state index is 0.113. The third-order valence-electron chi connectivity index (χ3n) is 3.95. The second-order valence-corrected chi connectivity index (χ2v) is 7.03. The summed E-state index contributed by atoms with van der Waals surface area (Å²) in [5, 5.41) is 6.60. The lowest BCUT2D eigenvalue weighted by Crippen LogP contribution is -2.46. The van der Waals surface area contributed by atoms with Crippen LogP contribution in [0, 0.1) is 6.92 Å². The first-order valence-corrected chi connectivity index (χ1v) is 7.30. The van der Waals surface area contributed by atoms with Crippen LogP contribution in [0.4, 0.5) is 15.0 Å². The molecule has 0 saturated heterocycles. The summed E-state index contributed by atoms with van der Waals surface area (Å²) in [4.78, 5) is 13.5. The highest BCUT2D eigenvalue weighted by molar-refractivity contribution is 5.89. The van der Waals surface area contributed by atoms with Crippen LogP contribution in [0.15, 0.2) is 4.52 Å². The van der Waals surface area contributed by atoms with Crippen LogP contribution in [-0.2, 0) is 5.41 Å². The number of carbonyl (C=O) groups is 1. The van der Waals surface area contributed by atoms with Gasteiger partial charge in [-0.15, -0.1) is 0 Å². The van der Waals surface area contributed by atoms with Gasteiger partial charge in [0.25, 0.3) is 0 Å². The fourth-order valence-electron chi connectivity index (χ4n) is 2.56. The van der Waals surface area contributed by atoms with E-state index in [1.54, 1.807) is 7.05 Å². The Bertz CT molecular complexity index is 530. The molecular weight excluding hydrogens is 273 g/mol. The fourth-order valence-corrected chi connectivity index (χ4v) is 2.56. The van der Waals surface area contributed by atoms with Crippen molar-refractivity contribution in [1.82, 2.24) is 10.1 Å². The molecule has 5 nitrogen and oxygen atoms in total. The first-order chi connectivity index (χ1) is 9.62. The van der Waals surface area contributed by atoms with Crippen molar-refractivity contribution < 1.29 is 13.7 Å². The Balaban J connectivity index is 2.01. The van der Waals surface area contributed by atoms with Crippen LogP contribution in [0.5, 0.6) is 0 Å². The molecule has 0 aromatic carbocycles. The summed E-state index contributed by atoms with van der Waals surface area (Å²) in [5.41, 5.74) is -0.592. The normalized spacial score (nSPS) is 17.2. The van der Waals surface area contributed by atoms with E-state index in [-0.39, 0.29) is 18.0 Å². The van der Waals surface area contributed by atoms with Crippen molar-refractivity contribution in [3.05, 3.63) is 11.3 Å². The van der Waals surface area contributed by atoms with Crippen molar-refractivity contribution in [1.29, 1.82) is 0 Å². The molecule has 0 atom stereocenters. The molecule has 0 bridgehead atoms. The van der Waals surface area contributed by atoms with E-state index < -0.39 is 5.67 Å². The van der Waals surface area contributed by atoms with Crippen LogP contribution in [0.1, 0.15) is 51.4 Å². The Morgan fingerprint density at radius 2 is 2.10 bits per heavy atom. The molecule has 1 aromatic heterocycles. The average molecular weight is 297 g/mol. The molecule has 0 aliphatic heterocycles.